The van der Waals surface area contributed by atoms with Crippen molar-refractivity contribution in [2.24, 2.45) is 10.8 Å². The van der Waals surface area contributed by atoms with Crippen LogP contribution in [0.2, 0.25) is 0 Å². The third-order valence-electron chi connectivity index (χ3n) is 4.66. The van der Waals surface area contributed by atoms with Crippen LogP contribution in [0.15, 0.2) is 0 Å². The quantitative estimate of drug-likeness (QED) is 0.768. The number of rotatable bonds is 2. The van der Waals surface area contributed by atoms with Gasteiger partial charge in [0.25, 0.3) is 0 Å². The summed E-state index contributed by atoms with van der Waals surface area (Å²) in [4.78, 5) is 24.3. The number of methoxy groups -OCH3 is 2. The molecule has 5 heteroatoms. The summed E-state index contributed by atoms with van der Waals surface area (Å²) in [6.45, 7) is 1.69. The van der Waals surface area contributed by atoms with Crippen LogP contribution in [0.1, 0.15) is 45.4 Å². The average Bonchev–Trinajstić information content (AvgIpc) is 2.34. The van der Waals surface area contributed by atoms with Crippen molar-refractivity contribution in [3.05, 3.63) is 0 Å². The van der Waals surface area contributed by atoms with Crippen molar-refractivity contribution in [2.75, 3.05) is 14.2 Å². The number of esters is 2. The molecule has 2 unspecified atom stereocenters. The minimum absolute atomic E-state index is 0.319. The Bertz CT molecular complexity index is 369. The van der Waals surface area contributed by atoms with Crippen molar-refractivity contribution in [1.29, 1.82) is 0 Å². The maximum Gasteiger partial charge on any atom is 0.311 e. The van der Waals surface area contributed by atoms with Crippen molar-refractivity contribution in [3.8, 4) is 0 Å². The number of fused-ring (bicyclic) bond motifs is 2. The molecule has 0 aliphatic heterocycles. The van der Waals surface area contributed by atoms with Crippen molar-refractivity contribution >= 4 is 11.9 Å². The van der Waals surface area contributed by atoms with E-state index in [9.17, 15) is 14.7 Å². The first-order valence-electron chi connectivity index (χ1n) is 6.69. The van der Waals surface area contributed by atoms with Crippen LogP contribution in [0.5, 0.6) is 0 Å². The fourth-order valence-corrected chi connectivity index (χ4v) is 4.34. The number of carbonyl (C=O) groups is 2. The molecule has 1 N–H and O–H groups in total. The third kappa shape index (κ3) is 2.24. The van der Waals surface area contributed by atoms with E-state index in [0.717, 1.165) is 6.42 Å². The zero-order valence-electron chi connectivity index (χ0n) is 11.8. The first-order chi connectivity index (χ1) is 8.79. The predicted octanol–water partition coefficient (Wildman–Crippen LogP) is 1.42. The average molecular weight is 270 g/mol. The van der Waals surface area contributed by atoms with Gasteiger partial charge in [0.05, 0.1) is 30.7 Å². The van der Waals surface area contributed by atoms with Gasteiger partial charge in [-0.1, -0.05) is 6.42 Å². The van der Waals surface area contributed by atoms with Crippen molar-refractivity contribution in [2.45, 2.75) is 51.0 Å². The van der Waals surface area contributed by atoms with E-state index in [2.05, 4.69) is 0 Å². The van der Waals surface area contributed by atoms with Crippen LogP contribution >= 0.6 is 0 Å². The van der Waals surface area contributed by atoms with Crippen LogP contribution in [0.4, 0.5) is 0 Å². The van der Waals surface area contributed by atoms with Crippen LogP contribution in [0.3, 0.4) is 0 Å². The van der Waals surface area contributed by atoms with Gasteiger partial charge in [-0.25, -0.2) is 0 Å². The summed E-state index contributed by atoms with van der Waals surface area (Å²) in [6, 6.07) is 0. The van der Waals surface area contributed by atoms with Crippen molar-refractivity contribution < 1.29 is 24.2 Å². The Morgan fingerprint density at radius 3 is 1.74 bits per heavy atom. The molecular weight excluding hydrogens is 248 g/mol. The standard InChI is InChI=1S/C14H22O5/c1-12(17)7-13(10(15)18-2)5-4-6-14(8-12,9-13)11(16)19-3/h17H,4-9H2,1-3H3. The van der Waals surface area contributed by atoms with Gasteiger partial charge < -0.3 is 14.6 Å². The van der Waals surface area contributed by atoms with Crippen LogP contribution in [0, 0.1) is 10.8 Å². The van der Waals surface area contributed by atoms with Gasteiger partial charge in [-0.3, -0.25) is 9.59 Å². The fraction of sp³-hybridized carbons (Fsp3) is 0.857. The highest BCUT2D eigenvalue weighted by Crippen LogP contribution is 2.59. The van der Waals surface area contributed by atoms with Gasteiger partial charge in [0.1, 0.15) is 0 Å². The Morgan fingerprint density at radius 1 is 0.947 bits per heavy atom. The maximum absolute atomic E-state index is 12.2. The van der Waals surface area contributed by atoms with E-state index in [1.54, 1.807) is 6.92 Å². The summed E-state index contributed by atoms with van der Waals surface area (Å²) in [6.07, 6.45) is 3.23. The molecule has 0 aromatic rings. The van der Waals surface area contributed by atoms with E-state index in [0.29, 0.717) is 32.1 Å². The second-order valence-corrected chi connectivity index (χ2v) is 6.42. The molecule has 0 amide bonds. The van der Waals surface area contributed by atoms with Gasteiger partial charge in [0, 0.05) is 0 Å². The summed E-state index contributed by atoms with van der Waals surface area (Å²) >= 11 is 0. The second kappa shape index (κ2) is 4.47. The first kappa shape index (κ1) is 14.3. The highest BCUT2D eigenvalue weighted by Gasteiger charge is 2.61. The van der Waals surface area contributed by atoms with E-state index in [4.69, 9.17) is 9.47 Å². The molecular formula is C14H22O5. The van der Waals surface area contributed by atoms with Gasteiger partial charge in [-0.05, 0) is 39.0 Å². The molecule has 2 bridgehead atoms. The molecule has 0 radical (unpaired) electrons. The number of hydrogen-bond donors (Lipinski definition) is 1. The lowest BCUT2D eigenvalue weighted by Gasteiger charge is -2.53. The minimum atomic E-state index is -1.04. The molecule has 2 aliphatic rings. The van der Waals surface area contributed by atoms with Crippen LogP contribution in [-0.2, 0) is 19.1 Å². The lowest BCUT2D eigenvalue weighted by Crippen LogP contribution is -2.57. The maximum atomic E-state index is 12.2. The first-order valence-corrected chi connectivity index (χ1v) is 6.69. The molecule has 2 fully saturated rings. The van der Waals surface area contributed by atoms with Crippen LogP contribution in [-0.4, -0.2) is 36.9 Å². The summed E-state index contributed by atoms with van der Waals surface area (Å²) in [5.74, 6) is -0.638. The Kier molecular flexibility index (Phi) is 3.37. The van der Waals surface area contributed by atoms with Crippen LogP contribution in [0.25, 0.3) is 0 Å². The zero-order valence-corrected chi connectivity index (χ0v) is 11.8. The predicted molar refractivity (Wildman–Crippen MR) is 67.2 cm³/mol. The van der Waals surface area contributed by atoms with Crippen molar-refractivity contribution in [1.82, 2.24) is 0 Å². The molecule has 2 rings (SSSR count). The number of hydrogen-bond acceptors (Lipinski definition) is 5. The van der Waals surface area contributed by atoms with E-state index >= 15 is 0 Å². The van der Waals surface area contributed by atoms with Gasteiger partial charge in [0.2, 0.25) is 0 Å². The Hall–Kier alpha value is -1.10. The molecule has 0 aromatic heterocycles. The number of carbonyl (C=O) groups excluding carboxylic acids is 2. The summed E-state index contributed by atoms with van der Waals surface area (Å²) in [5.41, 5.74) is -2.53. The van der Waals surface area contributed by atoms with E-state index in [-0.39, 0.29) is 11.9 Å². The van der Waals surface area contributed by atoms with E-state index in [1.165, 1.54) is 14.2 Å². The molecule has 0 heterocycles. The molecule has 0 spiro atoms. The Balaban J connectivity index is 2.42. The van der Waals surface area contributed by atoms with Crippen molar-refractivity contribution in [3.63, 3.8) is 0 Å². The number of ether oxygens (including phenoxy) is 2. The lowest BCUT2D eigenvalue weighted by molar-refractivity contribution is -0.190. The molecule has 2 atom stereocenters. The SMILES string of the molecule is COC(=O)C12CCCC(C(=O)OC)(CC(C)(O)C1)C2. The monoisotopic (exact) mass is 270 g/mol. The highest BCUT2D eigenvalue weighted by atomic mass is 16.5. The highest BCUT2D eigenvalue weighted by molar-refractivity contribution is 5.82. The minimum Gasteiger partial charge on any atom is -0.469 e. The zero-order chi connectivity index (χ0) is 14.3. The fourth-order valence-electron chi connectivity index (χ4n) is 4.34. The third-order valence-corrected chi connectivity index (χ3v) is 4.66. The normalized spacial score (nSPS) is 41.5. The lowest BCUT2D eigenvalue weighted by atomic mass is 9.51. The van der Waals surface area contributed by atoms with Crippen LogP contribution < -0.4 is 0 Å². The van der Waals surface area contributed by atoms with Gasteiger partial charge in [-0.15, -0.1) is 0 Å². The molecule has 0 aromatic carbocycles. The van der Waals surface area contributed by atoms with E-state index in [1.807, 2.05) is 0 Å². The molecule has 2 aliphatic carbocycles. The summed E-state index contributed by atoms with van der Waals surface area (Å²) < 4.78 is 9.83. The van der Waals surface area contributed by atoms with Gasteiger partial charge in [0.15, 0.2) is 0 Å². The van der Waals surface area contributed by atoms with E-state index < -0.39 is 16.4 Å². The largest absolute Gasteiger partial charge is 0.469 e. The van der Waals surface area contributed by atoms with Gasteiger partial charge in [-0.2, -0.15) is 0 Å². The summed E-state index contributed by atoms with van der Waals surface area (Å²) in [7, 11) is 2.71. The smallest absolute Gasteiger partial charge is 0.311 e. The number of aliphatic hydroxyl groups is 1. The molecule has 0 saturated heterocycles. The Labute approximate surface area is 113 Å². The molecule has 108 valence electrons. The molecule has 5 nitrogen and oxygen atoms in total. The Morgan fingerprint density at radius 2 is 1.37 bits per heavy atom. The molecule has 19 heavy (non-hydrogen) atoms. The second-order valence-electron chi connectivity index (χ2n) is 6.42. The topological polar surface area (TPSA) is 72.8 Å². The van der Waals surface area contributed by atoms with Gasteiger partial charge >= 0.3 is 11.9 Å². The molecule has 2 saturated carbocycles. The summed E-state index contributed by atoms with van der Waals surface area (Å²) in [5, 5.41) is 10.5.